The third-order valence-electron chi connectivity index (χ3n) is 6.86. The van der Waals surface area contributed by atoms with Crippen molar-refractivity contribution in [3.8, 4) is 0 Å². The monoisotopic (exact) mass is 478 g/mol. The quantitative estimate of drug-likeness (QED) is 0.630. The Morgan fingerprint density at radius 3 is 2.56 bits per heavy atom. The molecular weight excluding hydrogens is 452 g/mol. The van der Waals surface area contributed by atoms with Crippen LogP contribution in [0.15, 0.2) is 23.1 Å². The fraction of sp³-hybridized carbons (Fsp3) is 0.571. The highest BCUT2D eigenvalue weighted by Gasteiger charge is 2.53. The van der Waals surface area contributed by atoms with Crippen LogP contribution in [0.5, 0.6) is 0 Å². The number of carbonyl (C=O) groups excluding carboxylic acids is 3. The molecule has 4 aliphatic rings. The van der Waals surface area contributed by atoms with E-state index in [4.69, 9.17) is 0 Å². The number of amides is 4. The predicted molar refractivity (Wildman–Crippen MR) is 119 cm³/mol. The van der Waals surface area contributed by atoms with Gasteiger partial charge in [0.05, 0.1) is 4.90 Å². The van der Waals surface area contributed by atoms with Gasteiger partial charge in [-0.1, -0.05) is 6.07 Å². The van der Waals surface area contributed by atoms with E-state index in [1.165, 1.54) is 14.8 Å². The number of thioether (sulfide) groups is 1. The molecule has 1 aliphatic carbocycles. The lowest BCUT2D eigenvalue weighted by molar-refractivity contribution is -0.139. The zero-order chi connectivity index (χ0) is 22.5. The first-order chi connectivity index (χ1) is 15.3. The fourth-order valence-electron chi connectivity index (χ4n) is 4.92. The maximum atomic E-state index is 13.1. The molecule has 1 aromatic rings. The van der Waals surface area contributed by atoms with Gasteiger partial charge in [0.25, 0.3) is 5.91 Å². The van der Waals surface area contributed by atoms with Gasteiger partial charge >= 0.3 is 6.03 Å². The SMILES string of the molecule is O=C(CN1C(=O)NC2(CCSC2)C1=O)N1CCN(S(=O)(=O)c2ccc3c(c2)CCC3)CC1. The standard InChI is InChI=1S/C21H26N4O5S2/c26-18(13-25-19(27)21(22-20(25)28)6-11-31-14-21)23-7-9-24(10-8-23)32(29,30)17-5-4-15-2-1-3-16(15)12-17/h4-5,12H,1-3,6-11,13-14H2,(H,22,28). The Morgan fingerprint density at radius 2 is 1.84 bits per heavy atom. The van der Waals surface area contributed by atoms with Crippen molar-refractivity contribution in [2.75, 3.05) is 44.2 Å². The molecule has 3 saturated heterocycles. The minimum Gasteiger partial charge on any atom is -0.338 e. The van der Waals surface area contributed by atoms with Crippen molar-refractivity contribution in [3.05, 3.63) is 29.3 Å². The number of rotatable bonds is 4. The van der Waals surface area contributed by atoms with Gasteiger partial charge in [0, 0.05) is 31.9 Å². The molecule has 1 unspecified atom stereocenters. The summed E-state index contributed by atoms with van der Waals surface area (Å²) in [5.74, 6) is 0.653. The van der Waals surface area contributed by atoms with E-state index in [-0.39, 0.29) is 44.5 Å². The molecule has 1 atom stereocenters. The van der Waals surface area contributed by atoms with Crippen LogP contribution in [-0.4, -0.2) is 90.1 Å². The molecule has 3 heterocycles. The van der Waals surface area contributed by atoms with Gasteiger partial charge in [-0.15, -0.1) is 0 Å². The van der Waals surface area contributed by atoms with E-state index < -0.39 is 21.6 Å². The summed E-state index contributed by atoms with van der Waals surface area (Å²) >= 11 is 1.61. The first-order valence-corrected chi connectivity index (χ1v) is 13.5. The van der Waals surface area contributed by atoms with Gasteiger partial charge in [0.1, 0.15) is 12.1 Å². The molecule has 0 saturated carbocycles. The van der Waals surface area contributed by atoms with Gasteiger partial charge < -0.3 is 10.2 Å². The van der Waals surface area contributed by atoms with E-state index in [1.54, 1.807) is 23.9 Å². The number of hydrogen-bond donors (Lipinski definition) is 1. The lowest BCUT2D eigenvalue weighted by Crippen LogP contribution is -2.53. The lowest BCUT2D eigenvalue weighted by atomic mass is 9.99. The largest absolute Gasteiger partial charge is 0.338 e. The molecule has 3 aliphatic heterocycles. The molecular formula is C21H26N4O5S2. The van der Waals surface area contributed by atoms with Crippen LogP contribution in [0.1, 0.15) is 24.0 Å². The summed E-state index contributed by atoms with van der Waals surface area (Å²) in [6, 6.07) is 4.84. The molecule has 0 bridgehead atoms. The Hall–Kier alpha value is -2.11. The molecule has 4 amide bonds. The normalized spacial score (nSPS) is 26.1. The highest BCUT2D eigenvalue weighted by molar-refractivity contribution is 7.99. The van der Waals surface area contributed by atoms with Crippen molar-refractivity contribution in [2.24, 2.45) is 0 Å². The predicted octanol–water partition coefficient (Wildman–Crippen LogP) is 0.436. The van der Waals surface area contributed by atoms with Crippen LogP contribution in [0, 0.1) is 0 Å². The summed E-state index contributed by atoms with van der Waals surface area (Å²) in [5.41, 5.74) is 1.45. The average Bonchev–Trinajstić information content (AvgIpc) is 3.50. The van der Waals surface area contributed by atoms with E-state index in [9.17, 15) is 22.8 Å². The number of sulfonamides is 1. The molecule has 1 aromatic carbocycles. The summed E-state index contributed by atoms with van der Waals surface area (Å²) in [6.07, 6.45) is 3.53. The van der Waals surface area contributed by atoms with E-state index in [0.29, 0.717) is 17.1 Å². The second-order valence-electron chi connectivity index (χ2n) is 8.78. The first-order valence-electron chi connectivity index (χ1n) is 10.9. The number of nitrogens with one attached hydrogen (secondary N) is 1. The van der Waals surface area contributed by atoms with Crippen LogP contribution in [0.3, 0.4) is 0 Å². The lowest BCUT2D eigenvalue weighted by Gasteiger charge is -2.34. The van der Waals surface area contributed by atoms with E-state index >= 15 is 0 Å². The number of nitrogens with zero attached hydrogens (tertiary/aromatic N) is 3. The van der Waals surface area contributed by atoms with Crippen molar-refractivity contribution < 1.29 is 22.8 Å². The van der Waals surface area contributed by atoms with Gasteiger partial charge in [0.2, 0.25) is 15.9 Å². The topological polar surface area (TPSA) is 107 Å². The molecule has 172 valence electrons. The highest BCUT2D eigenvalue weighted by Crippen LogP contribution is 2.33. The maximum Gasteiger partial charge on any atom is 0.325 e. The maximum absolute atomic E-state index is 13.1. The molecule has 9 nitrogen and oxygen atoms in total. The Bertz CT molecular complexity index is 1080. The van der Waals surface area contributed by atoms with Crippen LogP contribution in [0.25, 0.3) is 0 Å². The number of urea groups is 1. The Morgan fingerprint density at radius 1 is 1.09 bits per heavy atom. The molecule has 11 heteroatoms. The summed E-state index contributed by atoms with van der Waals surface area (Å²) < 4.78 is 27.6. The Kier molecular flexibility index (Phi) is 5.45. The minimum absolute atomic E-state index is 0.186. The molecule has 1 N–H and O–H groups in total. The fourth-order valence-corrected chi connectivity index (χ4v) is 7.72. The zero-order valence-electron chi connectivity index (χ0n) is 17.7. The number of benzene rings is 1. The van der Waals surface area contributed by atoms with Crippen molar-refractivity contribution >= 4 is 39.6 Å². The van der Waals surface area contributed by atoms with Crippen LogP contribution in [-0.2, 0) is 32.5 Å². The number of fused-ring (bicyclic) bond motifs is 1. The third-order valence-corrected chi connectivity index (χ3v) is 9.94. The van der Waals surface area contributed by atoms with Crippen LogP contribution < -0.4 is 5.32 Å². The highest BCUT2D eigenvalue weighted by atomic mass is 32.2. The van der Waals surface area contributed by atoms with Crippen LogP contribution >= 0.6 is 11.8 Å². The first kappa shape index (κ1) is 21.7. The molecule has 32 heavy (non-hydrogen) atoms. The van der Waals surface area contributed by atoms with Crippen molar-refractivity contribution in [1.29, 1.82) is 0 Å². The van der Waals surface area contributed by atoms with Gasteiger partial charge in [0.15, 0.2) is 0 Å². The van der Waals surface area contributed by atoms with Gasteiger partial charge in [-0.3, -0.25) is 14.5 Å². The Labute approximate surface area is 191 Å². The second-order valence-corrected chi connectivity index (χ2v) is 11.8. The minimum atomic E-state index is -3.62. The van der Waals surface area contributed by atoms with E-state index in [1.807, 2.05) is 6.07 Å². The van der Waals surface area contributed by atoms with Gasteiger partial charge in [-0.05, 0) is 54.7 Å². The second kappa shape index (κ2) is 8.03. The molecule has 3 fully saturated rings. The van der Waals surface area contributed by atoms with E-state index in [0.717, 1.165) is 35.5 Å². The number of carbonyl (C=O) groups is 3. The number of imide groups is 1. The molecule has 1 spiro atoms. The molecule has 0 radical (unpaired) electrons. The number of aryl methyl sites for hydroxylation is 2. The summed E-state index contributed by atoms with van der Waals surface area (Å²) in [4.78, 5) is 40.7. The van der Waals surface area contributed by atoms with Crippen molar-refractivity contribution in [1.82, 2.24) is 19.4 Å². The third kappa shape index (κ3) is 3.60. The van der Waals surface area contributed by atoms with Gasteiger partial charge in [-0.2, -0.15) is 16.1 Å². The van der Waals surface area contributed by atoms with Gasteiger partial charge in [-0.25, -0.2) is 13.2 Å². The summed E-state index contributed by atoms with van der Waals surface area (Å²) in [5, 5.41) is 2.76. The molecule has 5 rings (SSSR count). The summed E-state index contributed by atoms with van der Waals surface area (Å²) in [6.45, 7) is 0.522. The van der Waals surface area contributed by atoms with Crippen LogP contribution in [0.2, 0.25) is 0 Å². The molecule has 0 aromatic heterocycles. The smallest absolute Gasteiger partial charge is 0.325 e. The van der Waals surface area contributed by atoms with Crippen molar-refractivity contribution in [2.45, 2.75) is 36.1 Å². The van der Waals surface area contributed by atoms with Crippen molar-refractivity contribution in [3.63, 3.8) is 0 Å². The average molecular weight is 479 g/mol. The zero-order valence-corrected chi connectivity index (χ0v) is 19.3. The van der Waals surface area contributed by atoms with Crippen LogP contribution in [0.4, 0.5) is 4.79 Å². The number of hydrogen-bond acceptors (Lipinski definition) is 6. The summed E-state index contributed by atoms with van der Waals surface area (Å²) in [7, 11) is -3.62. The number of piperazine rings is 1. The van der Waals surface area contributed by atoms with E-state index in [2.05, 4.69) is 5.32 Å². The Balaban J connectivity index is 1.21.